The fraction of sp³-hybridized carbons (Fsp3) is 1.00. The fourth-order valence-electron chi connectivity index (χ4n) is 2.14. The average Bonchev–Trinajstić information content (AvgIpc) is 2.45. The van der Waals surface area contributed by atoms with Crippen molar-refractivity contribution in [1.29, 1.82) is 0 Å². The van der Waals surface area contributed by atoms with E-state index in [0.29, 0.717) is 6.13 Å². The minimum absolute atomic E-state index is 0.501. The Morgan fingerprint density at radius 2 is 2.17 bits per heavy atom. The lowest BCUT2D eigenvalue weighted by molar-refractivity contribution is 0.493. The minimum Gasteiger partial charge on any atom is -0.196 e. The molecule has 0 radical (unpaired) electrons. The van der Waals surface area contributed by atoms with Gasteiger partial charge < -0.3 is 0 Å². The highest BCUT2D eigenvalue weighted by Gasteiger charge is 2.25. The van der Waals surface area contributed by atoms with Gasteiger partial charge in [0.1, 0.15) is 0 Å². The van der Waals surface area contributed by atoms with E-state index >= 15 is 0 Å². The fourth-order valence-corrected chi connectivity index (χ4v) is 2.51. The summed E-state index contributed by atoms with van der Waals surface area (Å²) in [5.41, 5.74) is 0. The summed E-state index contributed by atoms with van der Waals surface area (Å²) in [4.78, 5) is 0. The maximum absolute atomic E-state index is 6.05. The molecule has 70 valence electrons. The van der Waals surface area contributed by atoms with Gasteiger partial charge in [0.2, 0.25) is 0 Å². The Morgan fingerprint density at radius 3 is 2.75 bits per heavy atom. The number of unbranched alkanes of at least 4 members (excludes halogenated alkanes) is 3. The number of hydrogen-bond donors (Lipinski definition) is 0. The third-order valence-corrected chi connectivity index (χ3v) is 3.34. The van der Waals surface area contributed by atoms with Crippen molar-refractivity contribution < 1.29 is 0 Å². The summed E-state index contributed by atoms with van der Waals surface area (Å²) in [6.07, 6.45) is 11.5. The Kier molecular flexibility index (Phi) is 5.14. The third-order valence-electron chi connectivity index (χ3n) is 2.94. The standard InChI is InChI=1S/C10H20BCl/c1-2-3-4-5-6-10-7-8-11(12)9-10/h10H,2-9H2,1H3. The molecule has 1 heterocycles. The van der Waals surface area contributed by atoms with Crippen LogP contribution in [-0.4, -0.2) is 6.13 Å². The van der Waals surface area contributed by atoms with Crippen molar-refractivity contribution in [2.45, 2.75) is 58.1 Å². The zero-order valence-electron chi connectivity index (χ0n) is 8.19. The molecule has 0 aromatic heterocycles. The van der Waals surface area contributed by atoms with Gasteiger partial charge in [-0.25, -0.2) is 0 Å². The molecule has 0 spiro atoms. The van der Waals surface area contributed by atoms with Crippen LogP contribution in [0.15, 0.2) is 0 Å². The lowest BCUT2D eigenvalue weighted by atomic mass is 9.73. The number of rotatable bonds is 5. The van der Waals surface area contributed by atoms with Gasteiger partial charge in [-0.05, 0) is 5.92 Å². The minimum atomic E-state index is 0.501. The number of hydrogen-bond acceptors (Lipinski definition) is 0. The van der Waals surface area contributed by atoms with Crippen LogP contribution in [0.2, 0.25) is 12.6 Å². The van der Waals surface area contributed by atoms with Crippen molar-refractivity contribution in [3.63, 3.8) is 0 Å². The topological polar surface area (TPSA) is 0 Å². The van der Waals surface area contributed by atoms with Gasteiger partial charge in [0.15, 0.2) is 0 Å². The molecule has 1 saturated heterocycles. The van der Waals surface area contributed by atoms with E-state index in [4.69, 9.17) is 11.5 Å². The first-order valence-corrected chi connectivity index (χ1v) is 5.90. The van der Waals surface area contributed by atoms with Crippen molar-refractivity contribution in [3.8, 4) is 0 Å². The molecule has 1 aliphatic heterocycles. The second kappa shape index (κ2) is 5.91. The number of halogens is 1. The third kappa shape index (κ3) is 3.84. The van der Waals surface area contributed by atoms with Crippen LogP contribution in [0.5, 0.6) is 0 Å². The van der Waals surface area contributed by atoms with Gasteiger partial charge in [0.05, 0.1) is 0 Å². The van der Waals surface area contributed by atoms with Crippen molar-refractivity contribution in [2.75, 3.05) is 0 Å². The Bertz CT molecular complexity index is 116. The molecule has 12 heavy (non-hydrogen) atoms. The first kappa shape index (κ1) is 10.4. The molecule has 0 aromatic carbocycles. The maximum Gasteiger partial charge on any atom is 0.250 e. The molecule has 2 heteroatoms. The Balaban J connectivity index is 1.93. The molecule has 1 aliphatic rings. The van der Waals surface area contributed by atoms with Crippen LogP contribution in [0.3, 0.4) is 0 Å². The summed E-state index contributed by atoms with van der Waals surface area (Å²) in [7, 11) is 0. The SMILES string of the molecule is CCCCCCC1CCB(Cl)C1. The molecule has 1 atom stereocenters. The normalized spacial score (nSPS) is 23.5. The molecule has 0 bridgehead atoms. The van der Waals surface area contributed by atoms with Crippen LogP contribution < -0.4 is 0 Å². The predicted molar refractivity (Wildman–Crippen MR) is 58.1 cm³/mol. The molecule has 0 amide bonds. The van der Waals surface area contributed by atoms with Crippen LogP contribution >= 0.6 is 11.5 Å². The van der Waals surface area contributed by atoms with Gasteiger partial charge in [-0.3, -0.25) is 0 Å². The largest absolute Gasteiger partial charge is 0.250 e. The van der Waals surface area contributed by atoms with E-state index in [1.807, 2.05) is 0 Å². The highest BCUT2D eigenvalue weighted by atomic mass is 35.5. The van der Waals surface area contributed by atoms with Gasteiger partial charge in [0, 0.05) is 0 Å². The molecule has 1 unspecified atom stereocenters. The van der Waals surface area contributed by atoms with Crippen LogP contribution in [0, 0.1) is 5.92 Å². The summed E-state index contributed by atoms with van der Waals surface area (Å²) in [6.45, 7) is 2.27. The maximum atomic E-state index is 6.05. The van der Waals surface area contributed by atoms with E-state index in [1.54, 1.807) is 0 Å². The zero-order valence-corrected chi connectivity index (χ0v) is 8.95. The molecule has 0 N–H and O–H groups in total. The summed E-state index contributed by atoms with van der Waals surface area (Å²) < 4.78 is 0. The highest BCUT2D eigenvalue weighted by molar-refractivity contribution is 7.07. The van der Waals surface area contributed by atoms with Crippen LogP contribution in [0.1, 0.15) is 45.4 Å². The summed E-state index contributed by atoms with van der Waals surface area (Å²) in [6, 6.07) is 0. The quantitative estimate of drug-likeness (QED) is 0.446. The highest BCUT2D eigenvalue weighted by Crippen LogP contribution is 2.32. The molecular weight excluding hydrogens is 166 g/mol. The van der Waals surface area contributed by atoms with E-state index in [2.05, 4.69) is 6.92 Å². The Morgan fingerprint density at radius 1 is 1.33 bits per heavy atom. The van der Waals surface area contributed by atoms with Crippen LogP contribution in [0.25, 0.3) is 0 Å². The lowest BCUT2D eigenvalue weighted by Crippen LogP contribution is -1.97. The zero-order chi connectivity index (χ0) is 8.81. The van der Waals surface area contributed by atoms with Crippen molar-refractivity contribution in [2.24, 2.45) is 5.92 Å². The monoisotopic (exact) mass is 186 g/mol. The van der Waals surface area contributed by atoms with Crippen LogP contribution in [-0.2, 0) is 0 Å². The Hall–Kier alpha value is 0.355. The van der Waals surface area contributed by atoms with E-state index < -0.39 is 0 Å². The second-order valence-electron chi connectivity index (χ2n) is 4.13. The summed E-state index contributed by atoms with van der Waals surface area (Å²) >= 11 is 6.05. The second-order valence-corrected chi connectivity index (χ2v) is 4.74. The van der Waals surface area contributed by atoms with E-state index in [0.717, 1.165) is 5.92 Å². The van der Waals surface area contributed by atoms with Crippen LogP contribution in [0.4, 0.5) is 0 Å². The molecule has 0 aromatic rings. The molecule has 0 saturated carbocycles. The van der Waals surface area contributed by atoms with Gasteiger partial charge in [-0.2, -0.15) is 11.5 Å². The van der Waals surface area contributed by atoms with Crippen molar-refractivity contribution in [3.05, 3.63) is 0 Å². The van der Waals surface area contributed by atoms with Crippen molar-refractivity contribution in [1.82, 2.24) is 0 Å². The van der Waals surface area contributed by atoms with E-state index in [9.17, 15) is 0 Å². The molecule has 0 nitrogen and oxygen atoms in total. The molecule has 1 fully saturated rings. The predicted octanol–water partition coefficient (Wildman–Crippen LogP) is 4.21. The smallest absolute Gasteiger partial charge is 0.196 e. The Labute approximate surface area is 82.1 Å². The molecule has 1 rings (SSSR count). The van der Waals surface area contributed by atoms with E-state index in [-0.39, 0.29) is 0 Å². The van der Waals surface area contributed by atoms with Crippen molar-refractivity contribution >= 4 is 17.6 Å². The first-order chi connectivity index (χ1) is 5.83. The van der Waals surface area contributed by atoms with Gasteiger partial charge >= 0.3 is 0 Å². The molecular formula is C10H20BCl. The first-order valence-electron chi connectivity index (χ1n) is 5.47. The van der Waals surface area contributed by atoms with Gasteiger partial charge in [-0.1, -0.05) is 58.1 Å². The van der Waals surface area contributed by atoms with E-state index in [1.165, 1.54) is 51.2 Å². The average molecular weight is 187 g/mol. The van der Waals surface area contributed by atoms with Gasteiger partial charge in [-0.15, -0.1) is 0 Å². The lowest BCUT2D eigenvalue weighted by Gasteiger charge is -2.07. The summed E-state index contributed by atoms with van der Waals surface area (Å²) in [5.74, 6) is 0.962. The summed E-state index contributed by atoms with van der Waals surface area (Å²) in [5, 5.41) is 0. The molecule has 0 aliphatic carbocycles. The van der Waals surface area contributed by atoms with Gasteiger partial charge in [0.25, 0.3) is 6.13 Å².